The third kappa shape index (κ3) is 4.24. The molecule has 2 heterocycles. The number of piperidine rings is 1. The van der Waals surface area contributed by atoms with Crippen LogP contribution in [0.1, 0.15) is 12.8 Å². The first-order chi connectivity index (χ1) is 14.8. The quantitative estimate of drug-likeness (QED) is 0.440. The number of carbonyl (C=O) groups excluding carboxylic acids is 1. The summed E-state index contributed by atoms with van der Waals surface area (Å²) < 4.78 is 27.1. The van der Waals surface area contributed by atoms with Crippen molar-refractivity contribution in [3.8, 4) is 0 Å². The topological polar surface area (TPSA) is 138 Å². The van der Waals surface area contributed by atoms with Crippen LogP contribution >= 0.6 is 11.6 Å². The number of rotatable bonds is 5. The molecule has 1 aromatic heterocycles. The Morgan fingerprint density at radius 1 is 1.23 bits per heavy atom. The van der Waals surface area contributed by atoms with Crippen molar-refractivity contribution in [3.05, 3.63) is 57.6 Å². The third-order valence-corrected chi connectivity index (χ3v) is 7.58. The molecule has 1 aliphatic rings. The van der Waals surface area contributed by atoms with Crippen molar-refractivity contribution in [2.24, 2.45) is 5.92 Å². The van der Waals surface area contributed by atoms with Gasteiger partial charge in [-0.3, -0.25) is 20.2 Å². The maximum absolute atomic E-state index is 13.0. The Balaban J connectivity index is 1.43. The number of imidazole rings is 1. The van der Waals surface area contributed by atoms with Crippen molar-refractivity contribution in [1.82, 2.24) is 14.3 Å². The van der Waals surface area contributed by atoms with Gasteiger partial charge in [0.05, 0.1) is 21.0 Å². The van der Waals surface area contributed by atoms with Crippen LogP contribution in [0.2, 0.25) is 5.02 Å². The highest BCUT2D eigenvalue weighted by Gasteiger charge is 2.34. The minimum absolute atomic E-state index is 0.0876. The number of aromatic nitrogens is 2. The molecular formula is C19H18ClN5O5S. The number of fused-ring (bicyclic) bond motifs is 1. The number of nitrogens with one attached hydrogen (secondary N) is 2. The molecule has 4 rings (SSSR count). The van der Waals surface area contributed by atoms with Crippen LogP contribution in [0.3, 0.4) is 0 Å². The zero-order valence-corrected chi connectivity index (χ0v) is 17.7. The molecule has 0 spiro atoms. The van der Waals surface area contributed by atoms with Gasteiger partial charge in [-0.2, -0.15) is 4.31 Å². The fourth-order valence-corrected chi connectivity index (χ4v) is 5.50. The number of halogens is 1. The van der Waals surface area contributed by atoms with Gasteiger partial charge in [-0.05, 0) is 31.0 Å². The standard InChI is InChI=1S/C19H18ClN5O5S/c20-14-6-5-13(25(27)28)11-17(14)31(29,30)24-9-7-12(8-10-24)18(26)23-19-21-15-3-1-2-4-16(15)22-19/h1-6,11-12H,7-10H2,(H2,21,22,23,26). The number of benzene rings is 2. The molecule has 0 atom stereocenters. The van der Waals surface area contributed by atoms with Crippen molar-refractivity contribution < 1.29 is 18.1 Å². The van der Waals surface area contributed by atoms with E-state index in [0.717, 1.165) is 23.2 Å². The molecule has 31 heavy (non-hydrogen) atoms. The van der Waals surface area contributed by atoms with Crippen LogP contribution < -0.4 is 5.32 Å². The highest BCUT2D eigenvalue weighted by Crippen LogP contribution is 2.31. The first-order valence-electron chi connectivity index (χ1n) is 9.45. The maximum atomic E-state index is 13.0. The van der Waals surface area contributed by atoms with Gasteiger partial charge in [0, 0.05) is 31.1 Å². The first-order valence-corrected chi connectivity index (χ1v) is 11.3. The Labute approximate surface area is 182 Å². The van der Waals surface area contributed by atoms with Crippen LogP contribution in [0.5, 0.6) is 0 Å². The van der Waals surface area contributed by atoms with Crippen molar-refractivity contribution in [1.29, 1.82) is 0 Å². The van der Waals surface area contributed by atoms with Gasteiger partial charge in [-0.25, -0.2) is 13.4 Å². The van der Waals surface area contributed by atoms with Gasteiger partial charge in [0.2, 0.25) is 21.9 Å². The number of aromatic amines is 1. The summed E-state index contributed by atoms with van der Waals surface area (Å²) in [6, 6.07) is 10.7. The van der Waals surface area contributed by atoms with E-state index in [2.05, 4.69) is 15.3 Å². The van der Waals surface area contributed by atoms with Crippen molar-refractivity contribution in [2.75, 3.05) is 18.4 Å². The fraction of sp³-hybridized carbons (Fsp3) is 0.263. The number of nitrogens with zero attached hydrogens (tertiary/aromatic N) is 3. The Morgan fingerprint density at radius 3 is 2.61 bits per heavy atom. The Bertz CT molecular complexity index is 1230. The van der Waals surface area contributed by atoms with E-state index in [9.17, 15) is 23.3 Å². The normalized spacial score (nSPS) is 15.8. The molecule has 1 fully saturated rings. The molecule has 0 bridgehead atoms. The second kappa shape index (κ2) is 8.25. The van der Waals surface area contributed by atoms with Crippen LogP contribution in [0.4, 0.5) is 11.6 Å². The Morgan fingerprint density at radius 2 is 1.94 bits per heavy atom. The summed E-state index contributed by atoms with van der Waals surface area (Å²) in [5.41, 5.74) is 1.17. The lowest BCUT2D eigenvalue weighted by Crippen LogP contribution is -2.41. The van der Waals surface area contributed by atoms with E-state index in [-0.39, 0.29) is 40.5 Å². The number of anilines is 1. The first kappa shape index (κ1) is 21.2. The number of sulfonamides is 1. The summed E-state index contributed by atoms with van der Waals surface area (Å²) in [6.45, 7) is 0.194. The minimum Gasteiger partial charge on any atom is -0.324 e. The SMILES string of the molecule is O=C(Nc1nc2ccccc2[nH]1)C1CCN(S(=O)(=O)c2cc([N+](=O)[O-])ccc2Cl)CC1. The number of nitro groups is 1. The highest BCUT2D eigenvalue weighted by atomic mass is 35.5. The number of hydrogen-bond donors (Lipinski definition) is 2. The maximum Gasteiger partial charge on any atom is 0.270 e. The number of H-pyrrole nitrogens is 1. The summed E-state index contributed by atoms with van der Waals surface area (Å²) in [7, 11) is -4.03. The summed E-state index contributed by atoms with van der Waals surface area (Å²) in [6.07, 6.45) is 0.607. The van der Waals surface area contributed by atoms with Crippen LogP contribution in [0.25, 0.3) is 11.0 Å². The molecular weight excluding hydrogens is 446 g/mol. The molecule has 0 unspecified atom stereocenters. The molecule has 1 amide bonds. The van der Waals surface area contributed by atoms with Gasteiger partial charge in [0.15, 0.2) is 0 Å². The lowest BCUT2D eigenvalue weighted by Gasteiger charge is -2.30. The minimum atomic E-state index is -4.03. The second-order valence-electron chi connectivity index (χ2n) is 7.14. The molecule has 2 aromatic carbocycles. The van der Waals surface area contributed by atoms with E-state index in [1.54, 1.807) is 0 Å². The number of nitro benzene ring substituents is 1. The average Bonchev–Trinajstić information content (AvgIpc) is 3.16. The van der Waals surface area contributed by atoms with Gasteiger partial charge in [-0.1, -0.05) is 23.7 Å². The fourth-order valence-electron chi connectivity index (χ4n) is 3.53. The van der Waals surface area contributed by atoms with Crippen LogP contribution in [0.15, 0.2) is 47.4 Å². The number of hydrogen-bond acceptors (Lipinski definition) is 6. The average molecular weight is 464 g/mol. The predicted molar refractivity (Wildman–Crippen MR) is 114 cm³/mol. The summed E-state index contributed by atoms with van der Waals surface area (Å²) >= 11 is 6.00. The zero-order chi connectivity index (χ0) is 22.2. The Kier molecular flexibility index (Phi) is 5.65. The van der Waals surface area contributed by atoms with Gasteiger partial charge in [0.1, 0.15) is 4.90 Å². The van der Waals surface area contributed by atoms with Crippen LogP contribution in [-0.2, 0) is 14.8 Å². The molecule has 2 N–H and O–H groups in total. The zero-order valence-electron chi connectivity index (χ0n) is 16.1. The summed E-state index contributed by atoms with van der Waals surface area (Å²) in [4.78, 5) is 29.9. The number of carbonyl (C=O) groups is 1. The molecule has 1 saturated heterocycles. The predicted octanol–water partition coefficient (Wildman–Crippen LogP) is 3.16. The van der Waals surface area contributed by atoms with E-state index >= 15 is 0 Å². The van der Waals surface area contributed by atoms with Gasteiger partial charge < -0.3 is 4.98 Å². The lowest BCUT2D eigenvalue weighted by atomic mass is 9.97. The molecule has 0 radical (unpaired) electrons. The second-order valence-corrected chi connectivity index (χ2v) is 9.46. The molecule has 1 aliphatic heterocycles. The summed E-state index contributed by atoms with van der Waals surface area (Å²) in [5, 5.41) is 13.7. The lowest BCUT2D eigenvalue weighted by molar-refractivity contribution is -0.385. The van der Waals surface area contributed by atoms with E-state index in [1.165, 1.54) is 10.4 Å². The van der Waals surface area contributed by atoms with Gasteiger partial charge in [0.25, 0.3) is 5.69 Å². The van der Waals surface area contributed by atoms with Gasteiger partial charge in [-0.15, -0.1) is 0 Å². The van der Waals surface area contributed by atoms with Gasteiger partial charge >= 0.3 is 0 Å². The molecule has 10 nitrogen and oxygen atoms in total. The van der Waals surface area contributed by atoms with E-state index in [0.29, 0.717) is 18.8 Å². The molecule has 0 saturated carbocycles. The van der Waals surface area contributed by atoms with E-state index < -0.39 is 14.9 Å². The molecule has 12 heteroatoms. The summed E-state index contributed by atoms with van der Waals surface area (Å²) in [5.74, 6) is -0.297. The monoisotopic (exact) mass is 463 g/mol. The number of amides is 1. The molecule has 162 valence electrons. The third-order valence-electron chi connectivity index (χ3n) is 5.20. The molecule has 3 aromatic rings. The van der Waals surface area contributed by atoms with Crippen LogP contribution in [0, 0.1) is 16.0 Å². The molecule has 0 aliphatic carbocycles. The van der Waals surface area contributed by atoms with Crippen molar-refractivity contribution in [2.45, 2.75) is 17.7 Å². The smallest absolute Gasteiger partial charge is 0.270 e. The van der Waals surface area contributed by atoms with Crippen molar-refractivity contribution >= 4 is 50.2 Å². The number of para-hydroxylation sites is 2. The Hall–Kier alpha value is -3.02. The highest BCUT2D eigenvalue weighted by molar-refractivity contribution is 7.89. The largest absolute Gasteiger partial charge is 0.324 e. The van der Waals surface area contributed by atoms with Crippen LogP contribution in [-0.4, -0.2) is 46.6 Å². The van der Waals surface area contributed by atoms with E-state index in [1.807, 2.05) is 24.3 Å². The van der Waals surface area contributed by atoms with Crippen molar-refractivity contribution in [3.63, 3.8) is 0 Å². The number of non-ortho nitro benzene ring substituents is 1. The van der Waals surface area contributed by atoms with E-state index in [4.69, 9.17) is 11.6 Å².